The van der Waals surface area contributed by atoms with Crippen molar-refractivity contribution in [1.82, 2.24) is 4.90 Å². The molecule has 2 aromatic rings. The number of rotatable bonds is 7. The molecule has 1 heterocycles. The van der Waals surface area contributed by atoms with E-state index in [1.807, 2.05) is 0 Å². The van der Waals surface area contributed by atoms with Crippen LogP contribution in [0.5, 0.6) is 0 Å². The summed E-state index contributed by atoms with van der Waals surface area (Å²) in [5.74, 6) is 0.399. The second-order valence-electron chi connectivity index (χ2n) is 8.04. The largest absolute Gasteiger partial charge is 0.303 e. The summed E-state index contributed by atoms with van der Waals surface area (Å²) in [5, 5.41) is 12.8. The van der Waals surface area contributed by atoms with Crippen molar-refractivity contribution in [3.8, 4) is 6.07 Å². The van der Waals surface area contributed by atoms with Gasteiger partial charge in [-0.05, 0) is 67.6 Å². The van der Waals surface area contributed by atoms with Crippen molar-refractivity contribution in [2.45, 2.75) is 52.4 Å². The van der Waals surface area contributed by atoms with Gasteiger partial charge < -0.3 is 4.90 Å². The molecule has 0 N–H and O–H groups in total. The molecule has 138 valence electrons. The molecule has 2 nitrogen and oxygen atoms in total. The summed E-state index contributed by atoms with van der Waals surface area (Å²) in [6, 6.07) is 17.9. The molecule has 1 aliphatic rings. The van der Waals surface area contributed by atoms with E-state index in [-0.39, 0.29) is 5.41 Å². The van der Waals surface area contributed by atoms with Gasteiger partial charge in [0.2, 0.25) is 0 Å². The number of benzene rings is 2. The van der Waals surface area contributed by atoms with E-state index in [0.717, 1.165) is 25.8 Å². The lowest BCUT2D eigenvalue weighted by Crippen LogP contribution is -2.37. The molecule has 2 aromatic carbocycles. The van der Waals surface area contributed by atoms with Gasteiger partial charge in [-0.1, -0.05) is 69.2 Å². The number of piperidine rings is 1. The number of hydrogen-bond acceptors (Lipinski definition) is 2. The second-order valence-corrected chi connectivity index (χ2v) is 8.04. The SMILES string of the molecule is CCC(C)C(C#N)(CCN1CCCCC1)Cc1cccc2ccccc12. The first-order valence-electron chi connectivity index (χ1n) is 10.3. The van der Waals surface area contributed by atoms with Crippen molar-refractivity contribution in [1.29, 1.82) is 5.26 Å². The van der Waals surface area contributed by atoms with Gasteiger partial charge in [0.25, 0.3) is 0 Å². The summed E-state index contributed by atoms with van der Waals surface area (Å²) < 4.78 is 0. The van der Waals surface area contributed by atoms with Gasteiger partial charge in [0.15, 0.2) is 0 Å². The van der Waals surface area contributed by atoms with Gasteiger partial charge in [-0.2, -0.15) is 5.26 Å². The molecule has 1 saturated heterocycles. The Kier molecular flexibility index (Phi) is 6.33. The minimum absolute atomic E-state index is 0.281. The Labute approximate surface area is 158 Å². The van der Waals surface area contributed by atoms with E-state index >= 15 is 0 Å². The fourth-order valence-electron chi connectivity index (χ4n) is 4.43. The first kappa shape index (κ1) is 18.9. The highest BCUT2D eigenvalue weighted by Gasteiger charge is 2.36. The Bertz CT molecular complexity index is 749. The van der Waals surface area contributed by atoms with Crippen LogP contribution in [0.25, 0.3) is 10.8 Å². The van der Waals surface area contributed by atoms with Crippen LogP contribution in [-0.2, 0) is 6.42 Å². The van der Waals surface area contributed by atoms with Gasteiger partial charge in [-0.15, -0.1) is 0 Å². The van der Waals surface area contributed by atoms with Crippen LogP contribution in [0.2, 0.25) is 0 Å². The molecule has 0 spiro atoms. The highest BCUT2D eigenvalue weighted by molar-refractivity contribution is 5.85. The van der Waals surface area contributed by atoms with Crippen LogP contribution in [0.15, 0.2) is 42.5 Å². The molecule has 26 heavy (non-hydrogen) atoms. The highest BCUT2D eigenvalue weighted by Crippen LogP contribution is 2.39. The predicted molar refractivity (Wildman–Crippen MR) is 110 cm³/mol. The first-order valence-corrected chi connectivity index (χ1v) is 10.3. The maximum atomic E-state index is 10.3. The average molecular weight is 349 g/mol. The molecule has 0 bridgehead atoms. The van der Waals surface area contributed by atoms with E-state index in [4.69, 9.17) is 0 Å². The van der Waals surface area contributed by atoms with E-state index < -0.39 is 0 Å². The minimum atomic E-state index is -0.281. The normalized spacial score (nSPS) is 19.0. The number of likely N-dealkylation sites (tertiary alicyclic amines) is 1. The molecule has 0 aliphatic carbocycles. The Balaban J connectivity index is 1.86. The van der Waals surface area contributed by atoms with Gasteiger partial charge in [0.05, 0.1) is 11.5 Å². The molecule has 2 heteroatoms. The monoisotopic (exact) mass is 348 g/mol. The van der Waals surface area contributed by atoms with Crippen LogP contribution >= 0.6 is 0 Å². The maximum absolute atomic E-state index is 10.3. The van der Waals surface area contributed by atoms with E-state index in [9.17, 15) is 5.26 Å². The molecule has 0 aromatic heterocycles. The average Bonchev–Trinajstić information content (AvgIpc) is 2.71. The summed E-state index contributed by atoms with van der Waals surface area (Å²) in [7, 11) is 0. The Hall–Kier alpha value is -1.85. The fraction of sp³-hybridized carbons (Fsp3) is 0.542. The summed E-state index contributed by atoms with van der Waals surface area (Å²) >= 11 is 0. The minimum Gasteiger partial charge on any atom is -0.303 e. The van der Waals surface area contributed by atoms with Crippen molar-refractivity contribution in [3.63, 3.8) is 0 Å². The number of fused-ring (bicyclic) bond motifs is 1. The Morgan fingerprint density at radius 1 is 1.08 bits per heavy atom. The van der Waals surface area contributed by atoms with Crippen molar-refractivity contribution >= 4 is 10.8 Å². The van der Waals surface area contributed by atoms with E-state index in [1.165, 1.54) is 48.7 Å². The molecule has 1 fully saturated rings. The van der Waals surface area contributed by atoms with Gasteiger partial charge in [0.1, 0.15) is 0 Å². The third kappa shape index (κ3) is 4.10. The smallest absolute Gasteiger partial charge is 0.0696 e. The van der Waals surface area contributed by atoms with Crippen LogP contribution in [0.3, 0.4) is 0 Å². The summed E-state index contributed by atoms with van der Waals surface area (Å²) in [4.78, 5) is 2.57. The van der Waals surface area contributed by atoms with Crippen LogP contribution in [0, 0.1) is 22.7 Å². The second kappa shape index (κ2) is 8.69. The van der Waals surface area contributed by atoms with Gasteiger partial charge in [-0.3, -0.25) is 0 Å². The van der Waals surface area contributed by atoms with Gasteiger partial charge in [-0.25, -0.2) is 0 Å². The third-order valence-corrected chi connectivity index (χ3v) is 6.49. The lowest BCUT2D eigenvalue weighted by atomic mass is 9.69. The van der Waals surface area contributed by atoms with Crippen molar-refractivity contribution < 1.29 is 0 Å². The van der Waals surface area contributed by atoms with Crippen LogP contribution in [0.1, 0.15) is 51.5 Å². The van der Waals surface area contributed by atoms with E-state index in [1.54, 1.807) is 0 Å². The Morgan fingerprint density at radius 2 is 1.81 bits per heavy atom. The Morgan fingerprint density at radius 3 is 2.54 bits per heavy atom. The zero-order chi connectivity index (χ0) is 18.4. The van der Waals surface area contributed by atoms with Crippen LogP contribution in [0.4, 0.5) is 0 Å². The lowest BCUT2D eigenvalue weighted by Gasteiger charge is -2.36. The standard InChI is InChI=1S/C24H32N2/c1-3-20(2)24(19-25,14-17-26-15-7-4-8-16-26)18-22-12-9-11-21-10-5-6-13-23(21)22/h5-6,9-13,20H,3-4,7-8,14-18H2,1-2H3. The van der Waals surface area contributed by atoms with Crippen molar-refractivity contribution in [2.75, 3.05) is 19.6 Å². The molecule has 0 saturated carbocycles. The summed E-state index contributed by atoms with van der Waals surface area (Å²) in [5.41, 5.74) is 1.04. The van der Waals surface area contributed by atoms with Crippen LogP contribution < -0.4 is 0 Å². The highest BCUT2D eigenvalue weighted by atomic mass is 15.1. The first-order chi connectivity index (χ1) is 12.7. The molecule has 1 aliphatic heterocycles. The molecular weight excluding hydrogens is 316 g/mol. The number of hydrogen-bond donors (Lipinski definition) is 0. The summed E-state index contributed by atoms with van der Waals surface area (Å²) in [6.07, 6.45) is 6.87. The zero-order valence-corrected chi connectivity index (χ0v) is 16.4. The molecule has 0 amide bonds. The van der Waals surface area contributed by atoms with E-state index in [2.05, 4.69) is 67.3 Å². The molecule has 0 radical (unpaired) electrons. The van der Waals surface area contributed by atoms with Crippen molar-refractivity contribution in [2.24, 2.45) is 11.3 Å². The quantitative estimate of drug-likeness (QED) is 0.631. The zero-order valence-electron chi connectivity index (χ0n) is 16.4. The molecule has 3 rings (SSSR count). The van der Waals surface area contributed by atoms with Gasteiger partial charge in [0, 0.05) is 0 Å². The number of nitrogens with zero attached hydrogens (tertiary/aromatic N) is 2. The summed E-state index contributed by atoms with van der Waals surface area (Å²) in [6.45, 7) is 7.96. The number of nitriles is 1. The maximum Gasteiger partial charge on any atom is 0.0696 e. The van der Waals surface area contributed by atoms with Gasteiger partial charge >= 0.3 is 0 Å². The predicted octanol–water partition coefficient (Wildman–Crippen LogP) is 5.81. The third-order valence-electron chi connectivity index (χ3n) is 6.49. The topological polar surface area (TPSA) is 27.0 Å². The molecule has 2 atom stereocenters. The van der Waals surface area contributed by atoms with Crippen molar-refractivity contribution in [3.05, 3.63) is 48.0 Å². The van der Waals surface area contributed by atoms with E-state index in [0.29, 0.717) is 5.92 Å². The fourth-order valence-corrected chi connectivity index (χ4v) is 4.43. The lowest BCUT2D eigenvalue weighted by molar-refractivity contribution is 0.161. The molecular formula is C24H32N2. The van der Waals surface area contributed by atoms with Crippen LogP contribution in [-0.4, -0.2) is 24.5 Å². The molecule has 2 unspecified atom stereocenters.